The van der Waals surface area contributed by atoms with Gasteiger partial charge in [0.1, 0.15) is 11.5 Å². The molecule has 0 aromatic carbocycles. The lowest BCUT2D eigenvalue weighted by Gasteiger charge is -2.27. The van der Waals surface area contributed by atoms with Gasteiger partial charge in [0, 0.05) is 18.2 Å². The molecule has 2 aromatic rings. The summed E-state index contributed by atoms with van der Waals surface area (Å²) >= 11 is 0. The third kappa shape index (κ3) is 4.73. The number of nitrogens with zero attached hydrogens (tertiary/aromatic N) is 3. The summed E-state index contributed by atoms with van der Waals surface area (Å²) in [6.45, 7) is 1.86. The Hall–Kier alpha value is -2.36. The minimum Gasteiger partial charge on any atom is -0.471 e. The number of hydrogen-bond donors (Lipinski definition) is 1. The fourth-order valence-electron chi connectivity index (χ4n) is 3.07. The Bertz CT molecular complexity index is 822. The van der Waals surface area contributed by atoms with Crippen molar-refractivity contribution < 1.29 is 26.7 Å². The summed E-state index contributed by atoms with van der Waals surface area (Å²) in [5.74, 6) is -3.76. The molecule has 1 saturated heterocycles. The van der Waals surface area contributed by atoms with Crippen LogP contribution in [0.15, 0.2) is 24.4 Å². The summed E-state index contributed by atoms with van der Waals surface area (Å²) in [5.41, 5.74) is -1.31. The smallest absolute Gasteiger partial charge is 0.433 e. The molecule has 28 heavy (non-hydrogen) atoms. The van der Waals surface area contributed by atoms with Gasteiger partial charge < -0.3 is 10.1 Å². The number of hydrogen-bond acceptors (Lipinski definition) is 5. The molecule has 0 saturated carbocycles. The normalized spacial score (nSPS) is 16.2. The number of pyridine rings is 1. The van der Waals surface area contributed by atoms with E-state index in [0.717, 1.165) is 24.4 Å². The lowest BCUT2D eigenvalue weighted by molar-refractivity contribution is -0.141. The molecule has 3 rings (SSSR count). The highest BCUT2D eigenvalue weighted by atomic mass is 19.4. The van der Waals surface area contributed by atoms with Crippen molar-refractivity contribution in [3.63, 3.8) is 0 Å². The molecule has 0 radical (unpaired) electrons. The van der Waals surface area contributed by atoms with Gasteiger partial charge in [-0.3, -0.25) is 0 Å². The van der Waals surface area contributed by atoms with Gasteiger partial charge in [-0.15, -0.1) is 0 Å². The molecule has 2 aromatic heterocycles. The molecule has 1 fully saturated rings. The molecule has 0 spiro atoms. The van der Waals surface area contributed by atoms with Crippen molar-refractivity contribution in [1.29, 1.82) is 0 Å². The first-order valence-corrected chi connectivity index (χ1v) is 8.76. The zero-order chi connectivity index (χ0) is 20.4. The van der Waals surface area contributed by atoms with Crippen LogP contribution in [0.25, 0.3) is 0 Å². The molecule has 0 bridgehead atoms. The van der Waals surface area contributed by atoms with Gasteiger partial charge >= 0.3 is 12.1 Å². The average Bonchev–Trinajstić information content (AvgIpc) is 2.66. The van der Waals surface area contributed by atoms with E-state index in [-0.39, 0.29) is 17.2 Å². The van der Waals surface area contributed by atoms with Gasteiger partial charge in [-0.25, -0.2) is 15.0 Å². The second-order valence-corrected chi connectivity index (χ2v) is 6.59. The summed E-state index contributed by atoms with van der Waals surface area (Å²) in [6.07, 6.45) is -2.29. The Morgan fingerprint density at radius 2 is 1.82 bits per heavy atom. The maximum atomic E-state index is 14.9. The quantitative estimate of drug-likeness (QED) is 0.771. The number of aryl methyl sites for hydroxylation is 1. The first kappa shape index (κ1) is 20.4. The van der Waals surface area contributed by atoms with Crippen molar-refractivity contribution in [2.45, 2.75) is 37.8 Å². The third-order valence-electron chi connectivity index (χ3n) is 4.47. The average molecular weight is 402 g/mol. The van der Waals surface area contributed by atoms with E-state index in [9.17, 15) is 22.0 Å². The predicted octanol–water partition coefficient (Wildman–Crippen LogP) is 3.84. The van der Waals surface area contributed by atoms with Crippen LogP contribution in [0.5, 0.6) is 5.88 Å². The molecule has 0 aliphatic carbocycles. The van der Waals surface area contributed by atoms with Crippen molar-refractivity contribution >= 4 is 0 Å². The van der Waals surface area contributed by atoms with Crippen molar-refractivity contribution in [3.05, 3.63) is 47.2 Å². The predicted molar refractivity (Wildman–Crippen MR) is 90.2 cm³/mol. The number of piperidine rings is 1. The third-order valence-corrected chi connectivity index (χ3v) is 4.47. The largest absolute Gasteiger partial charge is 0.471 e. The van der Waals surface area contributed by atoms with Crippen LogP contribution in [0, 0.1) is 6.92 Å². The second kappa shape index (κ2) is 7.94. The van der Waals surface area contributed by atoms with Crippen LogP contribution >= 0.6 is 0 Å². The zero-order valence-electron chi connectivity index (χ0n) is 15.1. The molecular weight excluding hydrogens is 383 g/mol. The van der Waals surface area contributed by atoms with Crippen LogP contribution in [0.4, 0.5) is 22.0 Å². The van der Waals surface area contributed by atoms with Gasteiger partial charge in [0.05, 0.1) is 11.3 Å². The van der Waals surface area contributed by atoms with Crippen LogP contribution in [0.3, 0.4) is 0 Å². The van der Waals surface area contributed by atoms with E-state index < -0.39 is 30.3 Å². The Balaban J connectivity index is 1.81. The van der Waals surface area contributed by atoms with Crippen molar-refractivity contribution in [2.75, 3.05) is 19.7 Å². The number of nitrogens with one attached hydrogen (secondary N) is 1. The van der Waals surface area contributed by atoms with Crippen LogP contribution in [-0.4, -0.2) is 34.6 Å². The van der Waals surface area contributed by atoms with Gasteiger partial charge in [-0.05, 0) is 38.9 Å². The van der Waals surface area contributed by atoms with Gasteiger partial charge in [0.2, 0.25) is 5.88 Å². The summed E-state index contributed by atoms with van der Waals surface area (Å²) < 4.78 is 72.8. The summed E-state index contributed by atoms with van der Waals surface area (Å²) in [4.78, 5) is 11.3. The SMILES string of the molecule is Cc1ncc(C(F)(F)COc2cccc(C(F)(F)F)n2)c(C2CCNCC2)n1. The van der Waals surface area contributed by atoms with Crippen molar-refractivity contribution in [1.82, 2.24) is 20.3 Å². The highest BCUT2D eigenvalue weighted by Gasteiger charge is 2.39. The topological polar surface area (TPSA) is 59.9 Å². The lowest BCUT2D eigenvalue weighted by atomic mass is 9.90. The van der Waals surface area contributed by atoms with E-state index in [1.54, 1.807) is 6.92 Å². The molecule has 1 N–H and O–H groups in total. The summed E-state index contributed by atoms with van der Waals surface area (Å²) in [5, 5.41) is 3.17. The van der Waals surface area contributed by atoms with E-state index in [0.29, 0.717) is 31.8 Å². The molecule has 1 aliphatic heterocycles. The Morgan fingerprint density at radius 1 is 1.11 bits per heavy atom. The first-order chi connectivity index (χ1) is 13.2. The van der Waals surface area contributed by atoms with Gasteiger partial charge in [-0.2, -0.15) is 22.0 Å². The molecule has 5 nitrogen and oxygen atoms in total. The molecular formula is C18H19F5N4O. The molecule has 0 unspecified atom stereocenters. The van der Waals surface area contributed by atoms with Crippen LogP contribution < -0.4 is 10.1 Å². The maximum Gasteiger partial charge on any atom is 0.433 e. The number of alkyl halides is 5. The highest BCUT2D eigenvalue weighted by Crippen LogP contribution is 2.36. The second-order valence-electron chi connectivity index (χ2n) is 6.59. The van der Waals surface area contributed by atoms with Crippen LogP contribution in [0.1, 0.15) is 41.5 Å². The monoisotopic (exact) mass is 402 g/mol. The lowest BCUT2D eigenvalue weighted by Crippen LogP contribution is -2.31. The number of rotatable bonds is 5. The summed E-state index contributed by atoms with van der Waals surface area (Å²) in [6, 6.07) is 2.90. The molecule has 3 heterocycles. The van der Waals surface area contributed by atoms with E-state index in [1.165, 1.54) is 0 Å². The fourth-order valence-corrected chi connectivity index (χ4v) is 3.07. The standard InChI is InChI=1S/C18H19F5N4O/c1-11-25-9-13(16(26-11)12-5-7-24-8-6-12)17(19,20)10-28-15-4-2-3-14(27-15)18(21,22)23/h2-4,9,12,24H,5-8,10H2,1H3. The van der Waals surface area contributed by atoms with E-state index >= 15 is 0 Å². The molecule has 0 amide bonds. The van der Waals surface area contributed by atoms with Gasteiger partial charge in [0.15, 0.2) is 6.61 Å². The van der Waals surface area contributed by atoms with E-state index in [2.05, 4.69) is 20.3 Å². The van der Waals surface area contributed by atoms with Gasteiger partial charge in [0.25, 0.3) is 0 Å². The Labute approximate surface area is 158 Å². The van der Waals surface area contributed by atoms with Gasteiger partial charge in [-0.1, -0.05) is 6.07 Å². The fraction of sp³-hybridized carbons (Fsp3) is 0.500. The highest BCUT2D eigenvalue weighted by molar-refractivity contribution is 5.27. The van der Waals surface area contributed by atoms with Crippen molar-refractivity contribution in [3.8, 4) is 5.88 Å². The Morgan fingerprint density at radius 3 is 2.50 bits per heavy atom. The van der Waals surface area contributed by atoms with Crippen LogP contribution in [0.2, 0.25) is 0 Å². The molecule has 1 aliphatic rings. The Kier molecular flexibility index (Phi) is 5.78. The minimum atomic E-state index is -4.69. The number of ether oxygens (including phenoxy) is 1. The summed E-state index contributed by atoms with van der Waals surface area (Å²) in [7, 11) is 0. The molecule has 10 heteroatoms. The first-order valence-electron chi connectivity index (χ1n) is 8.76. The van der Waals surface area contributed by atoms with Crippen LogP contribution in [-0.2, 0) is 12.1 Å². The maximum absolute atomic E-state index is 14.9. The number of halogens is 5. The number of aromatic nitrogens is 3. The van der Waals surface area contributed by atoms with Crippen molar-refractivity contribution in [2.24, 2.45) is 0 Å². The molecule has 152 valence electrons. The van der Waals surface area contributed by atoms with E-state index in [4.69, 9.17) is 4.74 Å². The minimum absolute atomic E-state index is 0.143. The van der Waals surface area contributed by atoms with E-state index in [1.807, 2.05) is 0 Å². The molecule has 0 atom stereocenters. The zero-order valence-corrected chi connectivity index (χ0v) is 15.1.